The maximum absolute atomic E-state index is 12.2. The molecule has 0 saturated carbocycles. The smallest absolute Gasteiger partial charge is 0.251 e. The van der Waals surface area contributed by atoms with Crippen LogP contribution in [0.3, 0.4) is 0 Å². The maximum atomic E-state index is 12.2. The molecule has 0 radical (unpaired) electrons. The van der Waals surface area contributed by atoms with Crippen molar-refractivity contribution >= 4 is 17.4 Å². The first-order valence-corrected chi connectivity index (χ1v) is 8.58. The number of hydrogen-bond donors (Lipinski definition) is 3. The first kappa shape index (κ1) is 17.9. The van der Waals surface area contributed by atoms with Crippen molar-refractivity contribution in [3.05, 3.63) is 48.4 Å². The molecule has 0 aliphatic carbocycles. The molecule has 0 atom stereocenters. The fraction of sp³-hybridized carbons (Fsp3) is 0.316. The van der Waals surface area contributed by atoms with Gasteiger partial charge >= 0.3 is 0 Å². The predicted molar refractivity (Wildman–Crippen MR) is 103 cm³/mol. The molecule has 0 bridgehead atoms. The van der Waals surface area contributed by atoms with E-state index < -0.39 is 0 Å². The fourth-order valence-corrected chi connectivity index (χ4v) is 2.65. The molecular weight excluding hydrogens is 328 g/mol. The lowest BCUT2D eigenvalue weighted by Gasteiger charge is -2.22. The van der Waals surface area contributed by atoms with Gasteiger partial charge in [-0.05, 0) is 45.0 Å². The standard InChI is InChI=1S/C19H24N6O/c1-19(2,3)24-17-16(14-5-4-8-21-12-14)23-15-11-13(6-10-25(15)17)18(26)22-9-7-20/h4-6,8,10-12,24H,7,9,20H2,1-3H3,(H,22,26). The van der Waals surface area contributed by atoms with Crippen LogP contribution in [-0.4, -0.2) is 38.9 Å². The monoisotopic (exact) mass is 352 g/mol. The van der Waals surface area contributed by atoms with Crippen LogP contribution in [0.4, 0.5) is 5.82 Å². The van der Waals surface area contributed by atoms with Gasteiger partial charge in [0.25, 0.3) is 5.91 Å². The molecule has 0 aliphatic heterocycles. The second-order valence-corrected chi connectivity index (χ2v) is 7.11. The third kappa shape index (κ3) is 3.83. The van der Waals surface area contributed by atoms with Crippen molar-refractivity contribution in [3.8, 4) is 11.3 Å². The molecule has 4 N–H and O–H groups in total. The number of anilines is 1. The van der Waals surface area contributed by atoms with E-state index in [0.717, 1.165) is 17.1 Å². The maximum Gasteiger partial charge on any atom is 0.251 e. The van der Waals surface area contributed by atoms with Crippen molar-refractivity contribution < 1.29 is 4.79 Å². The largest absolute Gasteiger partial charge is 0.365 e. The number of nitrogens with two attached hydrogens (primary N) is 1. The number of rotatable bonds is 5. The lowest BCUT2D eigenvalue weighted by molar-refractivity contribution is 0.0954. The number of hydrogen-bond acceptors (Lipinski definition) is 5. The molecule has 0 aliphatic rings. The molecule has 7 heteroatoms. The van der Waals surface area contributed by atoms with E-state index in [1.807, 2.05) is 22.7 Å². The third-order valence-electron chi connectivity index (χ3n) is 3.75. The van der Waals surface area contributed by atoms with E-state index in [2.05, 4.69) is 36.4 Å². The zero-order valence-corrected chi connectivity index (χ0v) is 15.3. The molecule has 0 spiro atoms. The van der Waals surface area contributed by atoms with Gasteiger partial charge in [-0.3, -0.25) is 14.2 Å². The molecule has 3 aromatic heterocycles. The Kier molecular flexibility index (Phi) is 4.90. The molecule has 26 heavy (non-hydrogen) atoms. The van der Waals surface area contributed by atoms with Crippen LogP contribution in [0, 0.1) is 0 Å². The van der Waals surface area contributed by atoms with Gasteiger partial charge < -0.3 is 16.4 Å². The van der Waals surface area contributed by atoms with Crippen LogP contribution in [0.5, 0.6) is 0 Å². The van der Waals surface area contributed by atoms with Gasteiger partial charge in [-0.2, -0.15) is 0 Å². The van der Waals surface area contributed by atoms with E-state index in [9.17, 15) is 4.79 Å². The van der Waals surface area contributed by atoms with Gasteiger partial charge in [0.2, 0.25) is 0 Å². The molecule has 0 fully saturated rings. The predicted octanol–water partition coefficient (Wildman–Crippen LogP) is 2.30. The average Bonchev–Trinajstić information content (AvgIpc) is 2.96. The summed E-state index contributed by atoms with van der Waals surface area (Å²) in [7, 11) is 0. The van der Waals surface area contributed by atoms with Crippen LogP contribution in [0.1, 0.15) is 31.1 Å². The number of imidazole rings is 1. The number of carbonyl (C=O) groups is 1. The van der Waals surface area contributed by atoms with Gasteiger partial charge in [0.1, 0.15) is 17.2 Å². The van der Waals surface area contributed by atoms with E-state index in [1.165, 1.54) is 0 Å². The van der Waals surface area contributed by atoms with Crippen molar-refractivity contribution in [1.82, 2.24) is 19.7 Å². The minimum atomic E-state index is -0.158. The first-order valence-electron chi connectivity index (χ1n) is 8.58. The van der Waals surface area contributed by atoms with Crippen LogP contribution < -0.4 is 16.4 Å². The molecule has 7 nitrogen and oxygen atoms in total. The highest BCUT2D eigenvalue weighted by Crippen LogP contribution is 2.30. The van der Waals surface area contributed by atoms with E-state index in [4.69, 9.17) is 10.7 Å². The summed E-state index contributed by atoms with van der Waals surface area (Å²) in [5.74, 6) is 0.712. The summed E-state index contributed by atoms with van der Waals surface area (Å²) in [6.45, 7) is 7.12. The topological polar surface area (TPSA) is 97.3 Å². The van der Waals surface area contributed by atoms with E-state index in [1.54, 1.807) is 24.5 Å². The van der Waals surface area contributed by atoms with Gasteiger partial charge in [-0.1, -0.05) is 0 Å². The summed E-state index contributed by atoms with van der Waals surface area (Å²) in [4.78, 5) is 21.1. The third-order valence-corrected chi connectivity index (χ3v) is 3.75. The summed E-state index contributed by atoms with van der Waals surface area (Å²) in [6.07, 6.45) is 5.37. The zero-order valence-electron chi connectivity index (χ0n) is 15.3. The van der Waals surface area contributed by atoms with Crippen molar-refractivity contribution in [2.45, 2.75) is 26.3 Å². The van der Waals surface area contributed by atoms with Crippen molar-refractivity contribution in [3.63, 3.8) is 0 Å². The van der Waals surface area contributed by atoms with Gasteiger partial charge in [0, 0.05) is 48.3 Å². The average molecular weight is 352 g/mol. The van der Waals surface area contributed by atoms with Crippen LogP contribution in [0.15, 0.2) is 42.9 Å². The summed E-state index contributed by atoms with van der Waals surface area (Å²) >= 11 is 0. The molecule has 3 rings (SSSR count). The Morgan fingerprint density at radius 3 is 2.77 bits per heavy atom. The second-order valence-electron chi connectivity index (χ2n) is 7.11. The van der Waals surface area contributed by atoms with Gasteiger partial charge in [-0.15, -0.1) is 0 Å². The summed E-state index contributed by atoms with van der Waals surface area (Å²) in [5.41, 5.74) is 8.25. The molecular formula is C19H24N6O. The van der Waals surface area contributed by atoms with Crippen molar-refractivity contribution in [2.75, 3.05) is 18.4 Å². The Morgan fingerprint density at radius 2 is 2.12 bits per heavy atom. The summed E-state index contributed by atoms with van der Waals surface area (Å²) < 4.78 is 1.95. The molecule has 3 aromatic rings. The van der Waals surface area contributed by atoms with Crippen LogP contribution in [-0.2, 0) is 0 Å². The lowest BCUT2D eigenvalue weighted by Crippen LogP contribution is -2.29. The minimum absolute atomic E-state index is 0.149. The number of amides is 1. The number of fused-ring (bicyclic) bond motifs is 1. The van der Waals surface area contributed by atoms with Crippen molar-refractivity contribution in [2.24, 2.45) is 5.73 Å². The SMILES string of the molecule is CC(C)(C)Nc1c(-c2cccnc2)nc2cc(C(=O)NCCN)ccn12. The molecule has 0 saturated heterocycles. The Balaban J connectivity index is 2.10. The number of carbonyl (C=O) groups excluding carboxylic acids is 1. The highest BCUT2D eigenvalue weighted by atomic mass is 16.1. The Hall–Kier alpha value is -2.93. The van der Waals surface area contributed by atoms with E-state index >= 15 is 0 Å². The number of pyridine rings is 2. The van der Waals surface area contributed by atoms with Gasteiger partial charge in [0.05, 0.1) is 0 Å². The zero-order chi connectivity index (χ0) is 18.7. The fourth-order valence-electron chi connectivity index (χ4n) is 2.65. The van der Waals surface area contributed by atoms with E-state index in [0.29, 0.717) is 24.3 Å². The number of nitrogens with zero attached hydrogens (tertiary/aromatic N) is 3. The minimum Gasteiger partial charge on any atom is -0.365 e. The first-order chi connectivity index (χ1) is 12.4. The van der Waals surface area contributed by atoms with Gasteiger partial charge in [-0.25, -0.2) is 4.98 Å². The lowest BCUT2D eigenvalue weighted by atomic mass is 10.1. The normalized spacial score (nSPS) is 11.5. The molecule has 3 heterocycles. The molecule has 0 unspecified atom stereocenters. The quantitative estimate of drug-likeness (QED) is 0.654. The molecule has 136 valence electrons. The van der Waals surface area contributed by atoms with Gasteiger partial charge in [0.15, 0.2) is 0 Å². The summed E-state index contributed by atoms with van der Waals surface area (Å²) in [6, 6.07) is 7.41. The van der Waals surface area contributed by atoms with Crippen LogP contribution in [0.25, 0.3) is 16.9 Å². The summed E-state index contributed by atoms with van der Waals surface area (Å²) in [5, 5.41) is 6.29. The Labute approximate surface area is 152 Å². The van der Waals surface area contributed by atoms with Crippen LogP contribution in [0.2, 0.25) is 0 Å². The van der Waals surface area contributed by atoms with Crippen LogP contribution >= 0.6 is 0 Å². The number of aromatic nitrogens is 3. The second kappa shape index (κ2) is 7.13. The Bertz CT molecular complexity index is 911. The van der Waals surface area contributed by atoms with E-state index in [-0.39, 0.29) is 11.4 Å². The molecule has 0 aromatic carbocycles. The molecule has 1 amide bonds. The Morgan fingerprint density at radius 1 is 1.31 bits per heavy atom. The van der Waals surface area contributed by atoms with Crippen molar-refractivity contribution in [1.29, 1.82) is 0 Å². The highest BCUT2D eigenvalue weighted by Gasteiger charge is 2.20. The highest BCUT2D eigenvalue weighted by molar-refractivity contribution is 5.95. The number of nitrogens with one attached hydrogen (secondary N) is 2.